The van der Waals surface area contributed by atoms with Gasteiger partial charge in [-0.25, -0.2) is 0 Å². The lowest BCUT2D eigenvalue weighted by atomic mass is 9.42. The average Bonchev–Trinajstić information content (AvgIpc) is 3.35. The molecule has 0 heterocycles. The maximum absolute atomic E-state index is 14.9. The molecular formula is C35H26O5. The van der Waals surface area contributed by atoms with Crippen LogP contribution in [-0.4, -0.2) is 34.8 Å². The molecule has 1 fully saturated rings. The Morgan fingerprint density at radius 1 is 0.550 bits per heavy atom. The highest BCUT2D eigenvalue weighted by Gasteiger charge is 2.75. The summed E-state index contributed by atoms with van der Waals surface area (Å²) in [5, 5.41) is 10.9. The maximum Gasteiger partial charge on any atom is 0.178 e. The van der Waals surface area contributed by atoms with Crippen LogP contribution in [0.15, 0.2) is 109 Å². The van der Waals surface area contributed by atoms with Crippen LogP contribution >= 0.6 is 0 Å². The Morgan fingerprint density at radius 2 is 0.950 bits per heavy atom. The topological polar surface area (TPSA) is 88.5 Å². The highest BCUT2D eigenvalue weighted by Crippen LogP contribution is 2.70. The van der Waals surface area contributed by atoms with Crippen LogP contribution in [0.25, 0.3) is 0 Å². The number of Topliss-reactive ketones (excluding diaryl/α,β-unsaturated/α-hetero) is 4. The van der Waals surface area contributed by atoms with Gasteiger partial charge in [0.1, 0.15) is 10.8 Å². The van der Waals surface area contributed by atoms with E-state index in [1.54, 1.807) is 60.7 Å². The molecule has 0 amide bonds. The van der Waals surface area contributed by atoms with Crippen molar-refractivity contribution in [1.29, 1.82) is 0 Å². The monoisotopic (exact) mass is 526 g/mol. The van der Waals surface area contributed by atoms with E-state index in [9.17, 15) is 24.3 Å². The van der Waals surface area contributed by atoms with Crippen LogP contribution in [0.5, 0.6) is 0 Å². The van der Waals surface area contributed by atoms with Crippen molar-refractivity contribution in [3.63, 3.8) is 0 Å². The van der Waals surface area contributed by atoms with E-state index < -0.39 is 46.8 Å². The zero-order valence-corrected chi connectivity index (χ0v) is 21.6. The van der Waals surface area contributed by atoms with Crippen molar-refractivity contribution in [3.8, 4) is 0 Å². The van der Waals surface area contributed by atoms with E-state index in [2.05, 4.69) is 0 Å². The number of hydrogen-bond donors (Lipinski definition) is 1. The van der Waals surface area contributed by atoms with Crippen molar-refractivity contribution in [2.45, 2.75) is 18.3 Å². The Morgan fingerprint density at radius 3 is 1.40 bits per heavy atom. The second-order valence-corrected chi connectivity index (χ2v) is 11.1. The summed E-state index contributed by atoms with van der Waals surface area (Å²) in [5.41, 5.74) is -1.05. The highest BCUT2D eigenvalue weighted by atomic mass is 16.3. The SMILES string of the molecule is O=C1c2ccccc2C(=O)C12C[C@H](CO)[C@@H](c1ccccc1)C1(C(=O)c3ccccc3C1=O)[C@H]2c1ccccc1. The Balaban J connectivity index is 1.62. The Bertz CT molecular complexity index is 1630. The third-order valence-corrected chi connectivity index (χ3v) is 9.41. The smallest absolute Gasteiger partial charge is 0.178 e. The molecule has 196 valence electrons. The quantitative estimate of drug-likeness (QED) is 0.346. The molecular weight excluding hydrogens is 500 g/mol. The van der Waals surface area contributed by atoms with Crippen molar-refractivity contribution in [3.05, 3.63) is 143 Å². The Labute approximate surface area is 231 Å². The molecule has 2 spiro atoms. The minimum atomic E-state index is -1.81. The predicted octanol–water partition coefficient (Wildman–Crippen LogP) is 5.70. The van der Waals surface area contributed by atoms with Gasteiger partial charge in [0, 0.05) is 40.7 Å². The van der Waals surface area contributed by atoms with Crippen LogP contribution in [0.2, 0.25) is 0 Å². The molecule has 1 saturated carbocycles. The van der Waals surface area contributed by atoms with Gasteiger partial charge >= 0.3 is 0 Å². The van der Waals surface area contributed by atoms with Gasteiger partial charge in [-0.3, -0.25) is 19.2 Å². The van der Waals surface area contributed by atoms with E-state index in [1.807, 2.05) is 48.5 Å². The van der Waals surface area contributed by atoms with Crippen LogP contribution < -0.4 is 0 Å². The second kappa shape index (κ2) is 8.77. The van der Waals surface area contributed by atoms with Gasteiger partial charge in [0.15, 0.2) is 23.1 Å². The third-order valence-electron chi connectivity index (χ3n) is 9.41. The second-order valence-electron chi connectivity index (χ2n) is 11.1. The summed E-state index contributed by atoms with van der Waals surface area (Å²) >= 11 is 0. The average molecular weight is 527 g/mol. The number of benzene rings is 4. The molecule has 0 aliphatic heterocycles. The predicted molar refractivity (Wildman–Crippen MR) is 149 cm³/mol. The van der Waals surface area contributed by atoms with Crippen molar-refractivity contribution in [2.24, 2.45) is 16.7 Å². The molecule has 4 aromatic carbocycles. The van der Waals surface area contributed by atoms with Gasteiger partial charge in [-0.05, 0) is 23.5 Å². The van der Waals surface area contributed by atoms with E-state index in [0.717, 1.165) is 5.56 Å². The first-order valence-electron chi connectivity index (χ1n) is 13.6. The minimum absolute atomic E-state index is 0.0215. The number of aliphatic hydroxyl groups excluding tert-OH is 1. The van der Waals surface area contributed by atoms with Crippen molar-refractivity contribution in [1.82, 2.24) is 0 Å². The molecule has 0 saturated heterocycles. The van der Waals surface area contributed by atoms with Crippen molar-refractivity contribution in [2.75, 3.05) is 6.61 Å². The molecule has 0 unspecified atom stereocenters. The fraction of sp³-hybridized carbons (Fsp3) is 0.200. The largest absolute Gasteiger partial charge is 0.396 e. The van der Waals surface area contributed by atoms with E-state index in [-0.39, 0.29) is 18.0 Å². The molecule has 1 N–H and O–H groups in total. The number of aliphatic hydroxyl groups is 1. The lowest BCUT2D eigenvalue weighted by Crippen LogP contribution is -2.61. The molecule has 3 atom stereocenters. The van der Waals surface area contributed by atoms with Crippen molar-refractivity contribution >= 4 is 23.1 Å². The fourth-order valence-electron chi connectivity index (χ4n) is 8.03. The number of carbonyl (C=O) groups is 4. The van der Waals surface area contributed by atoms with Gasteiger partial charge in [0.05, 0.1) is 0 Å². The fourth-order valence-corrected chi connectivity index (χ4v) is 8.03. The first-order chi connectivity index (χ1) is 19.5. The Hall–Kier alpha value is -4.48. The van der Waals surface area contributed by atoms with Crippen LogP contribution in [0.3, 0.4) is 0 Å². The normalized spacial score (nSPS) is 24.0. The molecule has 7 rings (SSSR count). The summed E-state index contributed by atoms with van der Waals surface area (Å²) in [4.78, 5) is 59.0. The minimum Gasteiger partial charge on any atom is -0.396 e. The molecule has 0 radical (unpaired) electrons. The lowest BCUT2D eigenvalue weighted by molar-refractivity contribution is -0.00590. The standard InChI is InChI=1S/C35H26O5/c36-20-23-19-34(30(37)24-15-7-8-16-25(24)31(34)38)29(22-13-5-2-6-14-22)35(28(23)21-11-3-1-4-12-21)32(39)26-17-9-10-18-27(26)33(35)40/h1-18,23,28-29,36H,19-20H2/t23-,28-,29+/m1/s1. The first-order valence-corrected chi connectivity index (χ1v) is 13.6. The highest BCUT2D eigenvalue weighted by molar-refractivity contribution is 6.35. The summed E-state index contributed by atoms with van der Waals surface area (Å²) < 4.78 is 0. The number of rotatable bonds is 3. The van der Waals surface area contributed by atoms with E-state index in [1.165, 1.54) is 0 Å². The maximum atomic E-state index is 14.9. The molecule has 0 aromatic heterocycles. The van der Waals surface area contributed by atoms with E-state index in [0.29, 0.717) is 27.8 Å². The van der Waals surface area contributed by atoms with Crippen molar-refractivity contribution < 1.29 is 24.3 Å². The number of ketones is 4. The van der Waals surface area contributed by atoms with Crippen LogP contribution in [0, 0.1) is 16.7 Å². The Kier molecular flexibility index (Phi) is 5.38. The molecule has 4 aromatic rings. The molecule has 5 nitrogen and oxygen atoms in total. The molecule has 5 heteroatoms. The van der Waals surface area contributed by atoms with E-state index in [4.69, 9.17) is 0 Å². The number of fused-ring (bicyclic) bond motifs is 2. The van der Waals surface area contributed by atoms with E-state index >= 15 is 0 Å². The number of hydrogen-bond acceptors (Lipinski definition) is 5. The van der Waals surface area contributed by atoms with Crippen LogP contribution in [-0.2, 0) is 0 Å². The van der Waals surface area contributed by atoms with Gasteiger partial charge in [-0.15, -0.1) is 0 Å². The third kappa shape index (κ3) is 2.90. The van der Waals surface area contributed by atoms with Crippen LogP contribution in [0.1, 0.15) is 70.8 Å². The zero-order valence-electron chi connectivity index (χ0n) is 21.6. The van der Waals surface area contributed by atoms with Gasteiger partial charge in [-0.1, -0.05) is 109 Å². The zero-order chi connectivity index (χ0) is 27.6. The van der Waals surface area contributed by atoms with Crippen LogP contribution in [0.4, 0.5) is 0 Å². The summed E-state index contributed by atoms with van der Waals surface area (Å²) in [6.45, 7) is -0.390. The van der Waals surface area contributed by atoms with Gasteiger partial charge in [0.2, 0.25) is 0 Å². The summed E-state index contributed by atoms with van der Waals surface area (Å²) in [6, 6.07) is 31.8. The molecule has 40 heavy (non-hydrogen) atoms. The first kappa shape index (κ1) is 24.6. The summed E-state index contributed by atoms with van der Waals surface area (Å²) in [6.07, 6.45) is 0.0215. The van der Waals surface area contributed by atoms with Gasteiger partial charge < -0.3 is 5.11 Å². The summed E-state index contributed by atoms with van der Waals surface area (Å²) in [5.74, 6) is -4.10. The molecule has 3 aliphatic carbocycles. The van der Waals surface area contributed by atoms with Gasteiger partial charge in [-0.2, -0.15) is 0 Å². The van der Waals surface area contributed by atoms with Gasteiger partial charge in [0.25, 0.3) is 0 Å². The number of carbonyl (C=O) groups excluding carboxylic acids is 4. The molecule has 3 aliphatic rings. The molecule has 0 bridgehead atoms. The summed E-state index contributed by atoms with van der Waals surface area (Å²) in [7, 11) is 0. The lowest BCUT2D eigenvalue weighted by Gasteiger charge is -2.55.